The first-order valence-corrected chi connectivity index (χ1v) is 8.73. The van der Waals surface area contributed by atoms with Gasteiger partial charge in [0.15, 0.2) is 0 Å². The quantitative estimate of drug-likeness (QED) is 0.636. The van der Waals surface area contributed by atoms with Crippen LogP contribution in [0.5, 0.6) is 0 Å². The Hall–Kier alpha value is -2.80. The van der Waals surface area contributed by atoms with Gasteiger partial charge in [-0.25, -0.2) is 4.99 Å². The van der Waals surface area contributed by atoms with Crippen molar-refractivity contribution in [2.75, 3.05) is 24.7 Å². The lowest BCUT2D eigenvalue weighted by atomic mass is 10.1. The Morgan fingerprint density at radius 1 is 1.24 bits per heavy atom. The number of nitrogens with zero attached hydrogens (tertiary/aromatic N) is 4. The van der Waals surface area contributed by atoms with Gasteiger partial charge in [0.1, 0.15) is 18.3 Å². The van der Waals surface area contributed by atoms with Gasteiger partial charge in [0.05, 0.1) is 17.3 Å². The molecule has 1 aromatic carbocycles. The molecule has 4 heterocycles. The van der Waals surface area contributed by atoms with Crippen molar-refractivity contribution in [1.29, 1.82) is 0 Å². The maximum absolute atomic E-state index is 6.16. The van der Waals surface area contributed by atoms with E-state index in [4.69, 9.17) is 10.7 Å². The minimum Gasteiger partial charge on any atom is -0.355 e. The summed E-state index contributed by atoms with van der Waals surface area (Å²) in [6, 6.07) is 8.65. The number of aromatic amines is 2. The van der Waals surface area contributed by atoms with Gasteiger partial charge in [-0.1, -0.05) is 0 Å². The fourth-order valence-corrected chi connectivity index (χ4v) is 3.83. The molecule has 3 aromatic rings. The number of rotatable bonds is 1. The molecule has 25 heavy (non-hydrogen) atoms. The largest absolute Gasteiger partial charge is 0.355 e. The number of fused-ring (bicyclic) bond motifs is 2. The van der Waals surface area contributed by atoms with E-state index in [1.165, 1.54) is 0 Å². The summed E-state index contributed by atoms with van der Waals surface area (Å²) in [5.41, 5.74) is 9.43. The van der Waals surface area contributed by atoms with Crippen LogP contribution >= 0.6 is 0 Å². The summed E-state index contributed by atoms with van der Waals surface area (Å²) < 4.78 is 0. The maximum atomic E-state index is 6.16. The second-order valence-electron chi connectivity index (χ2n) is 6.78. The summed E-state index contributed by atoms with van der Waals surface area (Å²) in [5.74, 6) is 2.15. The first-order valence-electron chi connectivity index (χ1n) is 8.73. The van der Waals surface area contributed by atoms with Crippen molar-refractivity contribution in [3.05, 3.63) is 42.2 Å². The lowest BCUT2D eigenvalue weighted by Crippen LogP contribution is -2.47. The predicted octanol–water partition coefficient (Wildman–Crippen LogP) is 2.17. The fourth-order valence-electron chi connectivity index (χ4n) is 3.83. The number of anilines is 2. The summed E-state index contributed by atoms with van der Waals surface area (Å²) in [5, 5.41) is 8.25. The lowest BCUT2D eigenvalue weighted by Gasteiger charge is -2.36. The number of hydrogen-bond acceptors (Lipinski definition) is 5. The van der Waals surface area contributed by atoms with Gasteiger partial charge in [-0.05, 0) is 37.1 Å². The third kappa shape index (κ3) is 2.39. The molecule has 0 radical (unpaired) electrons. The van der Waals surface area contributed by atoms with Crippen LogP contribution in [0.15, 0.2) is 41.7 Å². The highest BCUT2D eigenvalue weighted by Gasteiger charge is 2.28. The molecule has 128 valence electrons. The minimum absolute atomic E-state index is 0.236. The van der Waals surface area contributed by atoms with Crippen molar-refractivity contribution in [3.8, 4) is 0 Å². The number of H-pyrrole nitrogens is 2. The zero-order valence-electron chi connectivity index (χ0n) is 13.9. The van der Waals surface area contributed by atoms with Gasteiger partial charge in [0.25, 0.3) is 0 Å². The van der Waals surface area contributed by atoms with E-state index in [1.807, 2.05) is 12.4 Å². The molecule has 4 N–H and O–H groups in total. The first kappa shape index (κ1) is 14.5. The summed E-state index contributed by atoms with van der Waals surface area (Å²) in [6.07, 6.45) is 6.04. The third-order valence-corrected chi connectivity index (χ3v) is 5.09. The Morgan fingerprint density at radius 3 is 3.12 bits per heavy atom. The molecule has 1 saturated heterocycles. The molecule has 2 aromatic heterocycles. The van der Waals surface area contributed by atoms with Gasteiger partial charge >= 0.3 is 0 Å². The van der Waals surface area contributed by atoms with Crippen LogP contribution in [0, 0.1) is 0 Å². The van der Waals surface area contributed by atoms with Gasteiger partial charge in [0, 0.05) is 36.4 Å². The molecule has 0 saturated carbocycles. The molecular weight excluding hydrogens is 314 g/mol. The monoisotopic (exact) mass is 335 g/mol. The van der Waals surface area contributed by atoms with E-state index < -0.39 is 0 Å². The summed E-state index contributed by atoms with van der Waals surface area (Å²) >= 11 is 0. The normalized spacial score (nSPS) is 20.7. The number of nitrogens with two attached hydrogens (primary N) is 1. The van der Waals surface area contributed by atoms with Crippen molar-refractivity contribution in [1.82, 2.24) is 20.1 Å². The summed E-state index contributed by atoms with van der Waals surface area (Å²) in [6.45, 7) is 2.50. The third-order valence-electron chi connectivity index (χ3n) is 5.09. The van der Waals surface area contributed by atoms with E-state index >= 15 is 0 Å². The van der Waals surface area contributed by atoms with Gasteiger partial charge in [-0.3, -0.25) is 5.10 Å². The lowest BCUT2D eigenvalue weighted by molar-refractivity contribution is 0.309. The molecule has 1 fully saturated rings. The number of likely N-dealkylation sites (tertiary alicyclic amines) is 1. The van der Waals surface area contributed by atoms with Crippen molar-refractivity contribution in [2.45, 2.75) is 18.9 Å². The van der Waals surface area contributed by atoms with Crippen LogP contribution in [-0.4, -0.2) is 51.7 Å². The zero-order valence-corrected chi connectivity index (χ0v) is 13.9. The SMILES string of the molecule is N[C@H]1CCCN(C2=NCN(c3ccc4cn[nH]c4c3)c3[nH]ccc32)C1. The molecule has 2 aliphatic heterocycles. The van der Waals surface area contributed by atoms with Crippen LogP contribution in [0.25, 0.3) is 10.9 Å². The van der Waals surface area contributed by atoms with Crippen LogP contribution in [0.3, 0.4) is 0 Å². The van der Waals surface area contributed by atoms with Crippen molar-refractivity contribution in [2.24, 2.45) is 10.7 Å². The number of aliphatic imine (C=N–C) groups is 1. The highest BCUT2D eigenvalue weighted by atomic mass is 15.3. The van der Waals surface area contributed by atoms with Crippen molar-refractivity contribution < 1.29 is 0 Å². The van der Waals surface area contributed by atoms with E-state index in [1.54, 1.807) is 0 Å². The topological polar surface area (TPSA) is 89.3 Å². The Balaban J connectivity index is 1.51. The zero-order chi connectivity index (χ0) is 16.8. The molecular formula is C18H21N7. The van der Waals surface area contributed by atoms with Gasteiger partial charge in [-0.2, -0.15) is 5.10 Å². The molecule has 5 rings (SSSR count). The van der Waals surface area contributed by atoms with Crippen molar-refractivity contribution in [3.63, 3.8) is 0 Å². The second kappa shape index (κ2) is 5.63. The van der Waals surface area contributed by atoms with Gasteiger partial charge < -0.3 is 20.5 Å². The first-order chi connectivity index (χ1) is 12.3. The minimum atomic E-state index is 0.236. The predicted molar refractivity (Wildman–Crippen MR) is 99.2 cm³/mol. The molecule has 1 atom stereocenters. The van der Waals surface area contributed by atoms with E-state index in [9.17, 15) is 0 Å². The molecule has 2 aliphatic rings. The molecule has 0 amide bonds. The van der Waals surface area contributed by atoms with Crippen molar-refractivity contribution >= 4 is 28.2 Å². The average molecular weight is 335 g/mol. The van der Waals surface area contributed by atoms with Crippen LogP contribution in [-0.2, 0) is 0 Å². The Morgan fingerprint density at radius 2 is 2.20 bits per heavy atom. The van der Waals surface area contributed by atoms with E-state index in [2.05, 4.69) is 49.2 Å². The average Bonchev–Trinajstić information content (AvgIpc) is 3.29. The smallest absolute Gasteiger partial charge is 0.136 e. The highest BCUT2D eigenvalue weighted by Crippen LogP contribution is 2.33. The number of amidine groups is 1. The summed E-state index contributed by atoms with van der Waals surface area (Å²) in [7, 11) is 0. The molecule has 0 aliphatic carbocycles. The summed E-state index contributed by atoms with van der Waals surface area (Å²) in [4.78, 5) is 12.8. The molecule has 7 nitrogen and oxygen atoms in total. The van der Waals surface area contributed by atoms with E-state index in [-0.39, 0.29) is 6.04 Å². The van der Waals surface area contributed by atoms with Crippen LogP contribution in [0.1, 0.15) is 18.4 Å². The maximum Gasteiger partial charge on any atom is 0.136 e. The number of nitrogens with one attached hydrogen (secondary N) is 2. The fraction of sp³-hybridized carbons (Fsp3) is 0.333. The number of hydrogen-bond donors (Lipinski definition) is 3. The number of piperidine rings is 1. The molecule has 0 unspecified atom stereocenters. The Kier molecular flexibility index (Phi) is 3.27. The number of benzene rings is 1. The van der Waals surface area contributed by atoms with Crippen LogP contribution < -0.4 is 10.6 Å². The van der Waals surface area contributed by atoms with E-state index in [0.29, 0.717) is 6.67 Å². The molecule has 0 spiro atoms. The standard InChI is InChI=1S/C18H21N7/c19-13-2-1-7-24(10-13)17-15-5-6-20-18(15)25(11-21-17)14-4-3-12-9-22-23-16(12)8-14/h3-6,8-9,13,20H,1-2,7,10-11,19H2,(H,22,23)/t13-/m0/s1. The Bertz CT molecular complexity index is 938. The van der Waals surface area contributed by atoms with Gasteiger partial charge in [-0.15, -0.1) is 0 Å². The Labute approximate surface area is 145 Å². The van der Waals surface area contributed by atoms with Crippen LogP contribution in [0.4, 0.5) is 11.5 Å². The highest BCUT2D eigenvalue weighted by molar-refractivity contribution is 6.05. The number of aromatic nitrogens is 3. The molecule has 0 bridgehead atoms. The van der Waals surface area contributed by atoms with Crippen LogP contribution in [0.2, 0.25) is 0 Å². The van der Waals surface area contributed by atoms with E-state index in [0.717, 1.165) is 59.7 Å². The molecule has 7 heteroatoms. The second-order valence-corrected chi connectivity index (χ2v) is 6.78. The van der Waals surface area contributed by atoms with Gasteiger partial charge in [0.2, 0.25) is 0 Å².